The topological polar surface area (TPSA) is 73.4 Å². The first kappa shape index (κ1) is 20.0. The van der Waals surface area contributed by atoms with Gasteiger partial charge < -0.3 is 15.5 Å². The van der Waals surface area contributed by atoms with Crippen molar-refractivity contribution in [2.75, 3.05) is 56.5 Å². The molecular formula is C20H24ClFN6O. The minimum Gasteiger partial charge on any atom is -0.363 e. The molecule has 2 aliphatic rings. The number of nitrogens with one attached hydrogen (secondary N) is 2. The van der Waals surface area contributed by atoms with Crippen LogP contribution in [0.4, 0.5) is 16.0 Å². The van der Waals surface area contributed by atoms with E-state index in [9.17, 15) is 9.18 Å². The summed E-state index contributed by atoms with van der Waals surface area (Å²) in [5.41, 5.74) is 1.78. The number of piperazine rings is 1. The van der Waals surface area contributed by atoms with Gasteiger partial charge in [0.1, 0.15) is 23.8 Å². The van der Waals surface area contributed by atoms with E-state index in [1.54, 1.807) is 12.4 Å². The molecule has 9 heteroatoms. The van der Waals surface area contributed by atoms with Gasteiger partial charge >= 0.3 is 0 Å². The highest BCUT2D eigenvalue weighted by Crippen LogP contribution is 2.30. The average Bonchev–Trinajstić information content (AvgIpc) is 2.74. The zero-order valence-electron chi connectivity index (χ0n) is 16.3. The summed E-state index contributed by atoms with van der Waals surface area (Å²) < 4.78 is 14.0. The van der Waals surface area contributed by atoms with Crippen LogP contribution in [0, 0.1) is 5.82 Å². The Morgan fingerprint density at radius 2 is 2.07 bits per heavy atom. The lowest BCUT2D eigenvalue weighted by atomic mass is 10.0. The van der Waals surface area contributed by atoms with Crippen LogP contribution >= 0.6 is 11.6 Å². The summed E-state index contributed by atoms with van der Waals surface area (Å²) in [6.07, 6.45) is 1.91. The van der Waals surface area contributed by atoms with Gasteiger partial charge in [-0.15, -0.1) is 0 Å². The molecule has 4 rings (SSSR count). The highest BCUT2D eigenvalue weighted by atomic mass is 35.5. The number of carbonyl (C=O) groups excluding carboxylic acids is 1. The summed E-state index contributed by atoms with van der Waals surface area (Å²) in [6, 6.07) is 5.08. The first-order valence-electron chi connectivity index (χ1n) is 9.75. The van der Waals surface area contributed by atoms with Gasteiger partial charge in [0.25, 0.3) is 0 Å². The molecule has 1 aromatic carbocycles. The molecule has 1 fully saturated rings. The highest BCUT2D eigenvalue weighted by Gasteiger charge is 2.29. The molecule has 2 aromatic rings. The molecule has 2 N–H and O–H groups in total. The summed E-state index contributed by atoms with van der Waals surface area (Å²) in [7, 11) is 1.90. The van der Waals surface area contributed by atoms with E-state index in [-0.39, 0.29) is 16.8 Å². The zero-order chi connectivity index (χ0) is 20.4. The summed E-state index contributed by atoms with van der Waals surface area (Å²) >= 11 is 5.85. The maximum atomic E-state index is 14.0. The van der Waals surface area contributed by atoms with Crippen molar-refractivity contribution in [3.8, 4) is 0 Å². The Bertz CT molecular complexity index is 903. The Morgan fingerprint density at radius 3 is 2.79 bits per heavy atom. The molecule has 29 heavy (non-hydrogen) atoms. The first-order chi connectivity index (χ1) is 14.1. The van der Waals surface area contributed by atoms with Crippen LogP contribution in [0.15, 0.2) is 24.5 Å². The number of carbonyl (C=O) groups is 1. The van der Waals surface area contributed by atoms with Crippen LogP contribution < -0.4 is 15.5 Å². The third-order valence-electron chi connectivity index (χ3n) is 5.53. The molecule has 0 spiro atoms. The van der Waals surface area contributed by atoms with Gasteiger partial charge in [0.05, 0.1) is 11.6 Å². The Hall–Kier alpha value is -2.29. The van der Waals surface area contributed by atoms with Gasteiger partial charge in [-0.3, -0.25) is 9.69 Å². The third-order valence-corrected chi connectivity index (χ3v) is 5.84. The number of halogens is 2. The number of hydrogen-bond donors (Lipinski definition) is 2. The number of fused-ring (bicyclic) bond motifs is 1. The Morgan fingerprint density at radius 1 is 1.28 bits per heavy atom. The number of aromatic nitrogens is 2. The molecule has 2 aliphatic heterocycles. The number of hydrogen-bond acceptors (Lipinski definition) is 7. The van der Waals surface area contributed by atoms with Crippen LogP contribution in [0.3, 0.4) is 0 Å². The molecule has 0 aliphatic carbocycles. The third kappa shape index (κ3) is 4.19. The predicted octanol–water partition coefficient (Wildman–Crippen LogP) is 1.89. The fraction of sp³-hybridized carbons (Fsp3) is 0.450. The number of benzene rings is 1. The molecule has 3 heterocycles. The Balaban J connectivity index is 1.50. The van der Waals surface area contributed by atoms with E-state index < -0.39 is 5.82 Å². The smallest absolute Gasteiger partial charge is 0.156 e. The van der Waals surface area contributed by atoms with E-state index >= 15 is 0 Å². The van der Waals surface area contributed by atoms with Gasteiger partial charge in [-0.25, -0.2) is 14.4 Å². The molecule has 1 atom stereocenters. The van der Waals surface area contributed by atoms with E-state index in [2.05, 4.69) is 30.4 Å². The minimum atomic E-state index is -0.395. The molecule has 1 saturated heterocycles. The van der Waals surface area contributed by atoms with Gasteiger partial charge in [0.2, 0.25) is 0 Å². The molecule has 154 valence electrons. The molecule has 1 unspecified atom stereocenters. The molecule has 0 amide bonds. The van der Waals surface area contributed by atoms with Crippen LogP contribution in [-0.4, -0.2) is 67.0 Å². The number of likely N-dealkylation sites (N-methyl/N-ethyl adjacent to an activating group) is 1. The number of Topliss-reactive ketones (excluding diaryl/α,β-unsaturated/α-hetero) is 1. The number of nitrogens with zero attached hydrogens (tertiary/aromatic N) is 4. The lowest BCUT2D eigenvalue weighted by Crippen LogP contribution is -2.50. The quantitative estimate of drug-likeness (QED) is 0.768. The Labute approximate surface area is 174 Å². The normalized spacial score (nSPS) is 18.3. The van der Waals surface area contributed by atoms with Gasteiger partial charge in [-0.05, 0) is 24.7 Å². The number of anilines is 2. The van der Waals surface area contributed by atoms with E-state index in [1.165, 1.54) is 6.07 Å². The summed E-state index contributed by atoms with van der Waals surface area (Å²) in [5, 5.41) is 6.42. The van der Waals surface area contributed by atoms with Crippen molar-refractivity contribution in [2.24, 2.45) is 0 Å². The summed E-state index contributed by atoms with van der Waals surface area (Å²) in [4.78, 5) is 25.2. The van der Waals surface area contributed by atoms with Crippen LogP contribution in [0.1, 0.15) is 17.2 Å². The van der Waals surface area contributed by atoms with Crippen molar-refractivity contribution >= 4 is 29.0 Å². The summed E-state index contributed by atoms with van der Waals surface area (Å²) in [6.45, 7) is 4.18. The fourth-order valence-electron chi connectivity index (χ4n) is 4.05. The summed E-state index contributed by atoms with van der Waals surface area (Å²) in [5.74, 6) is 1.33. The van der Waals surface area contributed by atoms with E-state index in [4.69, 9.17) is 11.6 Å². The van der Waals surface area contributed by atoms with Crippen LogP contribution in [0.5, 0.6) is 0 Å². The molecule has 7 nitrogen and oxygen atoms in total. The zero-order valence-corrected chi connectivity index (χ0v) is 17.0. The van der Waals surface area contributed by atoms with E-state index in [0.29, 0.717) is 19.5 Å². The monoisotopic (exact) mass is 418 g/mol. The van der Waals surface area contributed by atoms with Crippen LogP contribution in [-0.2, 0) is 11.2 Å². The van der Waals surface area contributed by atoms with E-state index in [0.717, 1.165) is 48.9 Å². The van der Waals surface area contributed by atoms with Crippen molar-refractivity contribution < 1.29 is 9.18 Å². The van der Waals surface area contributed by atoms with Crippen molar-refractivity contribution in [1.82, 2.24) is 20.2 Å². The first-order valence-corrected chi connectivity index (χ1v) is 10.1. The average molecular weight is 419 g/mol. The van der Waals surface area contributed by atoms with Crippen molar-refractivity contribution in [3.05, 3.63) is 46.5 Å². The van der Waals surface area contributed by atoms with Crippen molar-refractivity contribution in [3.63, 3.8) is 0 Å². The molecule has 0 saturated carbocycles. The lowest BCUT2D eigenvalue weighted by Gasteiger charge is -2.40. The molecule has 0 bridgehead atoms. The van der Waals surface area contributed by atoms with Crippen molar-refractivity contribution in [1.29, 1.82) is 0 Å². The van der Waals surface area contributed by atoms with Crippen LogP contribution in [0.25, 0.3) is 0 Å². The van der Waals surface area contributed by atoms with Gasteiger partial charge in [-0.2, -0.15) is 0 Å². The fourth-order valence-corrected chi connectivity index (χ4v) is 4.17. The Kier molecular flexibility index (Phi) is 5.94. The van der Waals surface area contributed by atoms with Crippen molar-refractivity contribution in [2.45, 2.75) is 12.5 Å². The van der Waals surface area contributed by atoms with Gasteiger partial charge in [-0.1, -0.05) is 17.7 Å². The lowest BCUT2D eigenvalue weighted by molar-refractivity contribution is -0.117. The number of ketones is 1. The minimum absolute atomic E-state index is 0.0523. The standard InChI is InChI=1S/C20H24ClFN6O/c1-23-11-18(13-2-3-16(21)17(22)8-13)27-4-6-28(7-5-27)20-15-9-14(29)10-24-19(15)25-12-26-20/h2-3,8,12,18,23H,4-7,9-11H2,1H3,(H,24,25,26). The second-order valence-electron chi connectivity index (χ2n) is 7.36. The van der Waals surface area contributed by atoms with Crippen LogP contribution in [0.2, 0.25) is 5.02 Å². The maximum Gasteiger partial charge on any atom is 0.156 e. The van der Waals surface area contributed by atoms with E-state index in [1.807, 2.05) is 13.1 Å². The number of rotatable bonds is 5. The largest absolute Gasteiger partial charge is 0.363 e. The maximum absolute atomic E-state index is 14.0. The second-order valence-corrected chi connectivity index (χ2v) is 7.77. The predicted molar refractivity (Wildman–Crippen MR) is 111 cm³/mol. The SMILES string of the molecule is CNCC(c1ccc(Cl)c(F)c1)N1CCN(c2ncnc3c2CC(=O)CN3)CC1. The van der Waals surface area contributed by atoms with Gasteiger partial charge in [0, 0.05) is 50.7 Å². The highest BCUT2D eigenvalue weighted by molar-refractivity contribution is 6.30. The van der Waals surface area contributed by atoms with Gasteiger partial charge in [0.15, 0.2) is 5.78 Å². The molecule has 0 radical (unpaired) electrons. The molecular weight excluding hydrogens is 395 g/mol. The molecule has 1 aromatic heterocycles. The second kappa shape index (κ2) is 8.61.